The van der Waals surface area contributed by atoms with Crippen LogP contribution in [-0.4, -0.2) is 45.4 Å². The third kappa shape index (κ3) is 3.04. The minimum Gasteiger partial charge on any atom is -0.335 e. The van der Waals surface area contributed by atoms with Crippen molar-refractivity contribution >= 4 is 22.2 Å². The molecule has 5 rings (SSSR count). The molecule has 1 fully saturated rings. The summed E-state index contributed by atoms with van der Waals surface area (Å²) in [4.78, 5) is 20.0. The highest BCUT2D eigenvalue weighted by molar-refractivity contribution is 6.11. The van der Waals surface area contributed by atoms with Gasteiger partial charge in [0.2, 0.25) is 0 Å². The molecule has 1 N–H and O–H groups in total. The first-order chi connectivity index (χ1) is 14.5. The fourth-order valence-electron chi connectivity index (χ4n) is 4.51. The van der Waals surface area contributed by atoms with Crippen LogP contribution in [0.15, 0.2) is 60.9 Å². The first-order valence-electron chi connectivity index (χ1n) is 10.2. The van der Waals surface area contributed by atoms with E-state index in [-0.39, 0.29) is 23.8 Å². The normalized spacial score (nSPS) is 19.5. The Morgan fingerprint density at radius 2 is 1.70 bits per heavy atom. The van der Waals surface area contributed by atoms with Crippen molar-refractivity contribution in [1.29, 1.82) is 0 Å². The minimum atomic E-state index is -0.337. The van der Waals surface area contributed by atoms with E-state index in [1.54, 1.807) is 24.4 Å². The SMILES string of the molecule is CC1CN(C(=O)c2cn3c(-c4ccccc4F)ncc3c3ccccc23)CC(C)N1. The van der Waals surface area contributed by atoms with Gasteiger partial charge in [0.15, 0.2) is 0 Å². The lowest BCUT2D eigenvalue weighted by atomic mass is 10.0. The smallest absolute Gasteiger partial charge is 0.256 e. The molecule has 2 unspecified atom stereocenters. The molecule has 1 amide bonds. The lowest BCUT2D eigenvalue weighted by Crippen LogP contribution is -2.55. The summed E-state index contributed by atoms with van der Waals surface area (Å²) in [5, 5.41) is 5.27. The molecule has 6 heteroatoms. The summed E-state index contributed by atoms with van der Waals surface area (Å²) in [5.74, 6) is 0.141. The summed E-state index contributed by atoms with van der Waals surface area (Å²) in [6.45, 7) is 5.48. The van der Waals surface area contributed by atoms with Crippen LogP contribution in [0.5, 0.6) is 0 Å². The molecular weight excluding hydrogens is 379 g/mol. The molecular formula is C24H23FN4O. The van der Waals surface area contributed by atoms with Crippen LogP contribution in [0, 0.1) is 5.82 Å². The van der Waals surface area contributed by atoms with Gasteiger partial charge in [-0.25, -0.2) is 9.37 Å². The number of hydrogen-bond acceptors (Lipinski definition) is 3. The number of carbonyl (C=O) groups is 1. The molecule has 5 nitrogen and oxygen atoms in total. The summed E-state index contributed by atoms with van der Waals surface area (Å²) in [7, 11) is 0. The molecule has 1 aliphatic heterocycles. The van der Waals surface area contributed by atoms with Crippen LogP contribution in [0.2, 0.25) is 0 Å². The minimum absolute atomic E-state index is 0.0125. The number of carbonyl (C=O) groups excluding carboxylic acids is 1. The van der Waals surface area contributed by atoms with Gasteiger partial charge in [0.1, 0.15) is 11.6 Å². The monoisotopic (exact) mass is 402 g/mol. The van der Waals surface area contributed by atoms with E-state index >= 15 is 0 Å². The number of imidazole rings is 1. The van der Waals surface area contributed by atoms with E-state index in [1.807, 2.05) is 39.8 Å². The predicted molar refractivity (Wildman–Crippen MR) is 116 cm³/mol. The lowest BCUT2D eigenvalue weighted by Gasteiger charge is -2.36. The average molecular weight is 402 g/mol. The molecule has 0 radical (unpaired) electrons. The van der Waals surface area contributed by atoms with Gasteiger partial charge in [-0.15, -0.1) is 0 Å². The molecule has 0 bridgehead atoms. The number of fused-ring (bicyclic) bond motifs is 3. The molecule has 4 aromatic rings. The molecule has 0 aliphatic carbocycles. The van der Waals surface area contributed by atoms with Crippen molar-refractivity contribution in [2.45, 2.75) is 25.9 Å². The fraction of sp³-hybridized carbons (Fsp3) is 0.250. The van der Waals surface area contributed by atoms with Crippen molar-refractivity contribution in [2.75, 3.05) is 13.1 Å². The molecule has 30 heavy (non-hydrogen) atoms. The number of benzene rings is 2. The number of piperazine rings is 1. The lowest BCUT2D eigenvalue weighted by molar-refractivity contribution is 0.0675. The predicted octanol–water partition coefficient (Wildman–Crippen LogP) is 4.12. The maximum absolute atomic E-state index is 14.5. The number of nitrogens with zero attached hydrogens (tertiary/aromatic N) is 3. The van der Waals surface area contributed by atoms with Crippen molar-refractivity contribution in [3.8, 4) is 11.4 Å². The van der Waals surface area contributed by atoms with Crippen molar-refractivity contribution < 1.29 is 9.18 Å². The Bertz CT molecular complexity index is 1250. The highest BCUT2D eigenvalue weighted by Crippen LogP contribution is 2.30. The summed E-state index contributed by atoms with van der Waals surface area (Å²) in [5.41, 5.74) is 1.87. The standard InChI is InChI=1S/C24H23FN4O/c1-15-12-28(13-16(2)27-15)24(30)20-14-29-22(18-8-4-3-7-17(18)20)11-26-23(29)19-9-5-6-10-21(19)25/h3-11,14-16,27H,12-13H2,1-2H3. The first-order valence-corrected chi connectivity index (χ1v) is 10.2. The summed E-state index contributed by atoms with van der Waals surface area (Å²) in [6, 6.07) is 14.9. The zero-order valence-electron chi connectivity index (χ0n) is 17.0. The number of nitrogens with one attached hydrogen (secondary N) is 1. The molecule has 1 aliphatic rings. The Hall–Kier alpha value is -3.25. The van der Waals surface area contributed by atoms with E-state index in [0.29, 0.717) is 30.0 Å². The molecule has 1 saturated heterocycles. The Labute approximate surface area is 174 Å². The van der Waals surface area contributed by atoms with Crippen molar-refractivity contribution in [1.82, 2.24) is 19.6 Å². The Morgan fingerprint density at radius 3 is 2.43 bits per heavy atom. The van der Waals surface area contributed by atoms with E-state index in [1.165, 1.54) is 6.07 Å². The van der Waals surface area contributed by atoms with Gasteiger partial charge in [0.25, 0.3) is 5.91 Å². The second-order valence-corrected chi connectivity index (χ2v) is 8.08. The first kappa shape index (κ1) is 18.8. The third-order valence-electron chi connectivity index (χ3n) is 5.74. The number of pyridine rings is 1. The largest absolute Gasteiger partial charge is 0.335 e. The van der Waals surface area contributed by atoms with E-state index in [2.05, 4.69) is 24.1 Å². The molecule has 0 saturated carbocycles. The van der Waals surface area contributed by atoms with Crippen molar-refractivity contribution in [3.05, 3.63) is 72.3 Å². The van der Waals surface area contributed by atoms with E-state index in [4.69, 9.17) is 0 Å². The van der Waals surface area contributed by atoms with Crippen LogP contribution in [0.4, 0.5) is 4.39 Å². The van der Waals surface area contributed by atoms with Gasteiger partial charge >= 0.3 is 0 Å². The van der Waals surface area contributed by atoms with E-state index < -0.39 is 0 Å². The van der Waals surface area contributed by atoms with Crippen molar-refractivity contribution in [3.63, 3.8) is 0 Å². The molecule has 2 aromatic carbocycles. The molecule has 2 aromatic heterocycles. The summed E-state index contributed by atoms with van der Waals surface area (Å²) >= 11 is 0. The maximum atomic E-state index is 14.5. The second-order valence-electron chi connectivity index (χ2n) is 8.08. The van der Waals surface area contributed by atoms with Gasteiger partial charge in [0.05, 0.1) is 22.8 Å². The van der Waals surface area contributed by atoms with Crippen LogP contribution >= 0.6 is 0 Å². The fourth-order valence-corrected chi connectivity index (χ4v) is 4.51. The number of hydrogen-bond donors (Lipinski definition) is 1. The molecule has 0 spiro atoms. The quantitative estimate of drug-likeness (QED) is 0.549. The maximum Gasteiger partial charge on any atom is 0.256 e. The van der Waals surface area contributed by atoms with Crippen LogP contribution < -0.4 is 5.32 Å². The zero-order valence-corrected chi connectivity index (χ0v) is 17.0. The van der Waals surface area contributed by atoms with Gasteiger partial charge in [-0.1, -0.05) is 36.4 Å². The topological polar surface area (TPSA) is 49.6 Å². The van der Waals surface area contributed by atoms with Gasteiger partial charge in [-0.3, -0.25) is 9.20 Å². The summed E-state index contributed by atoms with van der Waals surface area (Å²) < 4.78 is 16.3. The molecule has 3 heterocycles. The zero-order chi connectivity index (χ0) is 20.8. The van der Waals surface area contributed by atoms with Crippen LogP contribution in [0.3, 0.4) is 0 Å². The number of amides is 1. The van der Waals surface area contributed by atoms with Crippen LogP contribution in [0.1, 0.15) is 24.2 Å². The average Bonchev–Trinajstić information content (AvgIpc) is 3.16. The highest BCUT2D eigenvalue weighted by Gasteiger charge is 2.27. The van der Waals surface area contributed by atoms with Gasteiger partial charge in [-0.05, 0) is 31.4 Å². The molecule has 2 atom stereocenters. The Balaban J connectivity index is 1.72. The van der Waals surface area contributed by atoms with Gasteiger partial charge in [-0.2, -0.15) is 0 Å². The number of halogens is 1. The number of aromatic nitrogens is 2. The Kier molecular flexibility index (Phi) is 4.51. The third-order valence-corrected chi connectivity index (χ3v) is 5.74. The van der Waals surface area contributed by atoms with Gasteiger partial charge < -0.3 is 10.2 Å². The molecule has 152 valence electrons. The Morgan fingerprint density at radius 1 is 1.03 bits per heavy atom. The van der Waals surface area contributed by atoms with Gasteiger partial charge in [0, 0.05) is 36.8 Å². The summed E-state index contributed by atoms with van der Waals surface area (Å²) in [6.07, 6.45) is 3.56. The number of rotatable bonds is 2. The van der Waals surface area contributed by atoms with Crippen LogP contribution in [-0.2, 0) is 0 Å². The highest BCUT2D eigenvalue weighted by atomic mass is 19.1. The second kappa shape index (κ2) is 7.22. The van der Waals surface area contributed by atoms with Crippen LogP contribution in [0.25, 0.3) is 27.7 Å². The van der Waals surface area contributed by atoms with E-state index in [9.17, 15) is 9.18 Å². The van der Waals surface area contributed by atoms with Crippen molar-refractivity contribution in [2.24, 2.45) is 0 Å². The van der Waals surface area contributed by atoms with E-state index in [0.717, 1.165) is 16.3 Å².